The highest BCUT2D eigenvalue weighted by atomic mass is 16.8. The van der Waals surface area contributed by atoms with Gasteiger partial charge in [-0.25, -0.2) is 0 Å². The summed E-state index contributed by atoms with van der Waals surface area (Å²) in [5.41, 5.74) is 0. The van der Waals surface area contributed by atoms with Gasteiger partial charge in [0.2, 0.25) is 5.91 Å². The Morgan fingerprint density at radius 1 is 0.444 bits per heavy atom. The van der Waals surface area contributed by atoms with E-state index in [-0.39, 0.29) is 18.9 Å². The van der Waals surface area contributed by atoms with Crippen molar-refractivity contribution in [3.8, 4) is 0 Å². The monoisotopic (exact) mass is 1160 g/mol. The van der Waals surface area contributed by atoms with Crippen molar-refractivity contribution in [2.75, 3.05) is 26.4 Å². The number of allylic oxidation sites excluding steroid dienone is 5. The van der Waals surface area contributed by atoms with E-state index in [1.54, 1.807) is 6.08 Å². The lowest BCUT2D eigenvalue weighted by atomic mass is 9.96. The van der Waals surface area contributed by atoms with Crippen LogP contribution in [0.25, 0.3) is 0 Å². The lowest BCUT2D eigenvalue weighted by Gasteiger charge is -2.48. The highest BCUT2D eigenvalue weighted by molar-refractivity contribution is 5.76. The van der Waals surface area contributed by atoms with Crippen LogP contribution >= 0.6 is 0 Å². The molecule has 3 fully saturated rings. The van der Waals surface area contributed by atoms with E-state index in [0.717, 1.165) is 64.2 Å². The third kappa shape index (κ3) is 28.8. The minimum absolute atomic E-state index is 0.244. The van der Waals surface area contributed by atoms with Crippen molar-refractivity contribution in [1.29, 1.82) is 0 Å². The zero-order valence-electron chi connectivity index (χ0n) is 49.5. The molecule has 0 radical (unpaired) electrons. The summed E-state index contributed by atoms with van der Waals surface area (Å²) < 4.78 is 34.1. The van der Waals surface area contributed by atoms with E-state index in [2.05, 4.69) is 43.5 Å². The Kier molecular flexibility index (Phi) is 41.0. The molecular formula is C62H113NO18. The number of carbonyl (C=O) groups is 1. The first kappa shape index (κ1) is 73.3. The standard InChI is InChI=1S/C62H113NO18/c1-3-5-7-9-11-12-13-14-15-16-17-18-19-20-21-22-23-24-25-26-27-28-29-30-31-32-34-36-38-40-50(68)63-45(46(67)39-37-35-33-10-8-6-4-2)44-76-60-56(74)53(71)58(48(42-65)78-60)81-62-57(75)54(72)59(49(43-66)79-62)80-61-55(73)52(70)51(69)47(41-64)77-61/h13-14,16-17,37,39,45-49,51-62,64-67,69-75H,3-12,15,18-36,38,40-44H2,1-2H3,(H,63,68)/b14-13-,17-16-,39-37+. The van der Waals surface area contributed by atoms with E-state index in [0.29, 0.717) is 6.42 Å². The van der Waals surface area contributed by atoms with Gasteiger partial charge in [0.05, 0.1) is 38.6 Å². The van der Waals surface area contributed by atoms with E-state index in [9.17, 15) is 61.0 Å². The average Bonchev–Trinajstić information content (AvgIpc) is 3.48. The predicted molar refractivity (Wildman–Crippen MR) is 309 cm³/mol. The van der Waals surface area contributed by atoms with Crippen LogP contribution in [-0.2, 0) is 33.2 Å². The Hall–Kier alpha value is -1.99. The maximum Gasteiger partial charge on any atom is 0.220 e. The van der Waals surface area contributed by atoms with E-state index >= 15 is 0 Å². The van der Waals surface area contributed by atoms with Gasteiger partial charge in [0.15, 0.2) is 18.9 Å². The Morgan fingerprint density at radius 2 is 0.815 bits per heavy atom. The summed E-state index contributed by atoms with van der Waals surface area (Å²) in [6.45, 7) is 1.64. The van der Waals surface area contributed by atoms with Crippen LogP contribution in [0.1, 0.15) is 219 Å². The van der Waals surface area contributed by atoms with Gasteiger partial charge < -0.3 is 89.9 Å². The molecule has 19 nitrogen and oxygen atoms in total. The van der Waals surface area contributed by atoms with Crippen molar-refractivity contribution in [3.05, 3.63) is 36.5 Å². The molecule has 12 N–H and O–H groups in total. The number of unbranched alkanes of at least 4 members (excludes halogenated alkanes) is 27. The molecule has 0 aromatic heterocycles. The second-order valence-corrected chi connectivity index (χ2v) is 22.9. The zero-order chi connectivity index (χ0) is 59.0. The van der Waals surface area contributed by atoms with E-state index < -0.39 is 124 Å². The van der Waals surface area contributed by atoms with Crippen LogP contribution in [0, 0.1) is 0 Å². The maximum atomic E-state index is 13.3. The lowest BCUT2D eigenvalue weighted by molar-refractivity contribution is -0.379. The number of hydrogen-bond acceptors (Lipinski definition) is 18. The van der Waals surface area contributed by atoms with Gasteiger partial charge in [0.1, 0.15) is 73.2 Å². The van der Waals surface area contributed by atoms with Crippen molar-refractivity contribution in [2.24, 2.45) is 0 Å². The molecule has 0 bridgehead atoms. The molecule has 17 unspecified atom stereocenters. The first-order chi connectivity index (χ1) is 39.3. The van der Waals surface area contributed by atoms with E-state index in [1.807, 2.05) is 6.08 Å². The molecule has 0 saturated carbocycles. The van der Waals surface area contributed by atoms with Crippen molar-refractivity contribution in [3.63, 3.8) is 0 Å². The van der Waals surface area contributed by atoms with Gasteiger partial charge in [0, 0.05) is 6.42 Å². The molecule has 3 rings (SSSR count). The van der Waals surface area contributed by atoms with Crippen LogP contribution in [0.3, 0.4) is 0 Å². The molecule has 1 amide bonds. The Labute approximate surface area is 485 Å². The van der Waals surface area contributed by atoms with E-state index in [1.165, 1.54) is 128 Å². The first-order valence-electron chi connectivity index (χ1n) is 31.7. The molecule has 3 aliphatic rings. The number of rotatable bonds is 47. The molecule has 0 aromatic rings. The molecule has 474 valence electrons. The van der Waals surface area contributed by atoms with Crippen LogP contribution < -0.4 is 5.32 Å². The van der Waals surface area contributed by atoms with Crippen molar-refractivity contribution >= 4 is 5.91 Å². The van der Waals surface area contributed by atoms with Crippen LogP contribution in [-0.4, -0.2) is 193 Å². The quantitative estimate of drug-likeness (QED) is 0.0229. The normalized spacial score (nSPS) is 30.0. The summed E-state index contributed by atoms with van der Waals surface area (Å²) >= 11 is 0. The highest BCUT2D eigenvalue weighted by Crippen LogP contribution is 2.33. The fourth-order valence-corrected chi connectivity index (χ4v) is 10.7. The molecule has 3 heterocycles. The largest absolute Gasteiger partial charge is 0.394 e. The molecule has 0 aliphatic carbocycles. The lowest BCUT2D eigenvalue weighted by Crippen LogP contribution is -2.66. The molecular weight excluding hydrogens is 1050 g/mol. The van der Waals surface area contributed by atoms with Gasteiger partial charge >= 0.3 is 0 Å². The Bertz CT molecular complexity index is 1620. The molecule has 17 atom stereocenters. The number of nitrogens with one attached hydrogen (secondary N) is 1. The Morgan fingerprint density at radius 3 is 1.26 bits per heavy atom. The number of amides is 1. The summed E-state index contributed by atoms with van der Waals surface area (Å²) in [6.07, 6.45) is 23.3. The molecule has 0 aromatic carbocycles. The number of ether oxygens (including phenoxy) is 6. The van der Waals surface area contributed by atoms with Gasteiger partial charge in [-0.15, -0.1) is 0 Å². The summed E-state index contributed by atoms with van der Waals surface area (Å²) in [5.74, 6) is -0.279. The summed E-state index contributed by atoms with van der Waals surface area (Å²) in [7, 11) is 0. The molecule has 81 heavy (non-hydrogen) atoms. The second kappa shape index (κ2) is 45.3. The average molecular weight is 1160 g/mol. The number of hydrogen-bond donors (Lipinski definition) is 12. The van der Waals surface area contributed by atoms with Gasteiger partial charge in [-0.1, -0.05) is 198 Å². The highest BCUT2D eigenvalue weighted by Gasteiger charge is 2.53. The molecule has 0 spiro atoms. The topological polar surface area (TPSA) is 307 Å². The van der Waals surface area contributed by atoms with Crippen LogP contribution in [0.5, 0.6) is 0 Å². The summed E-state index contributed by atoms with van der Waals surface area (Å²) in [6, 6.07) is -0.968. The van der Waals surface area contributed by atoms with Gasteiger partial charge in [-0.05, 0) is 51.4 Å². The predicted octanol–water partition coefficient (Wildman–Crippen LogP) is 6.49. The van der Waals surface area contributed by atoms with Gasteiger partial charge in [0.25, 0.3) is 0 Å². The third-order valence-corrected chi connectivity index (χ3v) is 15.9. The van der Waals surface area contributed by atoms with Crippen molar-refractivity contribution < 1.29 is 89.4 Å². The van der Waals surface area contributed by atoms with Crippen LogP contribution in [0.2, 0.25) is 0 Å². The fourth-order valence-electron chi connectivity index (χ4n) is 10.7. The summed E-state index contributed by atoms with van der Waals surface area (Å²) in [4.78, 5) is 13.3. The van der Waals surface area contributed by atoms with E-state index in [4.69, 9.17) is 28.4 Å². The maximum absolute atomic E-state index is 13.3. The Balaban J connectivity index is 1.35. The van der Waals surface area contributed by atoms with Gasteiger partial charge in [-0.2, -0.15) is 0 Å². The van der Waals surface area contributed by atoms with Gasteiger partial charge in [-0.3, -0.25) is 4.79 Å². The smallest absolute Gasteiger partial charge is 0.220 e. The SMILES string of the molecule is CCCCCCC/C=C\C/C=C\CCCCCCCCCCCCCCCCCCCC(=O)NC(COC1OC(CO)C(OC2OC(CO)C(OC3OC(CO)C(O)C(O)C3O)C(O)C2O)C(O)C1O)C(O)/C=C/CCCCCCC. The van der Waals surface area contributed by atoms with Crippen molar-refractivity contribution in [1.82, 2.24) is 5.32 Å². The first-order valence-corrected chi connectivity index (χ1v) is 31.7. The minimum atomic E-state index is -1.98. The van der Waals surface area contributed by atoms with Crippen molar-refractivity contribution in [2.45, 2.75) is 324 Å². The van der Waals surface area contributed by atoms with Crippen LogP contribution in [0.4, 0.5) is 0 Å². The second-order valence-electron chi connectivity index (χ2n) is 22.9. The molecule has 19 heteroatoms. The number of carbonyl (C=O) groups excluding carboxylic acids is 1. The van der Waals surface area contributed by atoms with Crippen LogP contribution in [0.15, 0.2) is 36.5 Å². The molecule has 3 aliphatic heterocycles. The number of aliphatic hydroxyl groups is 11. The number of aliphatic hydroxyl groups excluding tert-OH is 11. The molecule has 3 saturated heterocycles. The zero-order valence-corrected chi connectivity index (χ0v) is 49.5. The fraction of sp³-hybridized carbons (Fsp3) is 0.887. The minimum Gasteiger partial charge on any atom is -0.394 e. The summed E-state index contributed by atoms with van der Waals surface area (Å²) in [5, 5.41) is 120. The third-order valence-electron chi connectivity index (χ3n) is 15.9.